The van der Waals surface area contributed by atoms with Gasteiger partial charge in [-0.25, -0.2) is 0 Å². The van der Waals surface area contributed by atoms with Gasteiger partial charge < -0.3 is 0 Å². The molecule has 0 nitrogen and oxygen atoms in total. The quantitative estimate of drug-likeness (QED) is 0.231. The molecule has 6 aromatic carbocycles. The van der Waals surface area contributed by atoms with E-state index in [0.29, 0.717) is 0 Å². The summed E-state index contributed by atoms with van der Waals surface area (Å²) >= 11 is 0. The van der Waals surface area contributed by atoms with Crippen molar-refractivity contribution < 1.29 is 0 Å². The molecule has 0 heterocycles. The molecular weight excluding hydrogens is 432 g/mol. The van der Waals surface area contributed by atoms with Gasteiger partial charge in [0.15, 0.2) is 0 Å². The number of aryl methyl sites for hydroxylation is 1. The van der Waals surface area contributed by atoms with Crippen molar-refractivity contribution in [2.24, 2.45) is 0 Å². The highest BCUT2D eigenvalue weighted by Crippen LogP contribution is 2.62. The molecule has 0 heteroatoms. The summed E-state index contributed by atoms with van der Waals surface area (Å²) in [5.74, 6) is 0. The van der Waals surface area contributed by atoms with Crippen molar-refractivity contribution in [1.82, 2.24) is 0 Å². The van der Waals surface area contributed by atoms with Crippen LogP contribution >= 0.6 is 0 Å². The van der Waals surface area contributed by atoms with E-state index in [4.69, 9.17) is 0 Å². The van der Waals surface area contributed by atoms with Crippen molar-refractivity contribution >= 4 is 10.8 Å². The molecule has 0 atom stereocenters. The van der Waals surface area contributed by atoms with Gasteiger partial charge in [0.25, 0.3) is 0 Å². The third-order valence-corrected chi connectivity index (χ3v) is 8.33. The average Bonchev–Trinajstić information content (AvgIpc) is 3.40. The van der Waals surface area contributed by atoms with Crippen LogP contribution in [0.25, 0.3) is 44.2 Å². The van der Waals surface area contributed by atoms with E-state index in [1.54, 1.807) is 0 Å². The zero-order chi connectivity index (χ0) is 23.9. The molecule has 0 aliphatic heterocycles. The lowest BCUT2D eigenvalue weighted by Crippen LogP contribution is -2.25. The first-order chi connectivity index (χ1) is 17.7. The second-order valence-electron chi connectivity index (χ2n) is 10.2. The topological polar surface area (TPSA) is 0 Å². The predicted molar refractivity (Wildman–Crippen MR) is 150 cm³/mol. The first-order valence-electron chi connectivity index (χ1n) is 12.7. The van der Waals surface area contributed by atoms with Gasteiger partial charge in [0.1, 0.15) is 0 Å². The van der Waals surface area contributed by atoms with E-state index in [-0.39, 0.29) is 5.41 Å². The van der Waals surface area contributed by atoms with Crippen LogP contribution < -0.4 is 0 Å². The van der Waals surface area contributed by atoms with Crippen molar-refractivity contribution in [3.05, 3.63) is 155 Å². The monoisotopic (exact) mass is 456 g/mol. The summed E-state index contributed by atoms with van der Waals surface area (Å²) in [7, 11) is 0. The SMILES string of the molecule is Cc1ccc2cc(-c3ccc4c(c3)C3(c5ccccc5-c5ccccc53)c3ccccc3-4)ccc2c1. The molecule has 1 spiro atoms. The summed E-state index contributed by atoms with van der Waals surface area (Å²) in [4.78, 5) is 0. The van der Waals surface area contributed by atoms with Crippen LogP contribution in [0.4, 0.5) is 0 Å². The fourth-order valence-corrected chi connectivity index (χ4v) is 6.82. The standard InChI is InChI=1S/C36H24/c1-23-14-15-25-21-26(17-16-24(25)20-23)27-18-19-31-30-10-4-7-13-34(30)36(35(31)22-27)32-11-5-2-8-28(32)29-9-3-6-12-33(29)36/h2-22H,1H3. The maximum atomic E-state index is 2.46. The highest BCUT2D eigenvalue weighted by molar-refractivity contribution is 5.96. The van der Waals surface area contributed by atoms with Crippen LogP contribution in [0.5, 0.6) is 0 Å². The van der Waals surface area contributed by atoms with Crippen LogP contribution in [0.15, 0.2) is 127 Å². The number of benzene rings is 6. The smallest absolute Gasteiger partial charge is 0.0619 e. The molecule has 8 rings (SSSR count). The van der Waals surface area contributed by atoms with Crippen LogP contribution in [-0.4, -0.2) is 0 Å². The van der Waals surface area contributed by atoms with E-state index in [2.05, 4.69) is 134 Å². The Morgan fingerprint density at radius 3 is 1.50 bits per heavy atom. The summed E-state index contributed by atoms with van der Waals surface area (Å²) in [5.41, 5.74) is 14.5. The van der Waals surface area contributed by atoms with Crippen molar-refractivity contribution in [2.75, 3.05) is 0 Å². The van der Waals surface area contributed by atoms with Crippen molar-refractivity contribution in [2.45, 2.75) is 12.3 Å². The van der Waals surface area contributed by atoms with Crippen LogP contribution in [0.3, 0.4) is 0 Å². The van der Waals surface area contributed by atoms with E-state index in [9.17, 15) is 0 Å². The Bertz CT molecular complexity index is 1790. The Morgan fingerprint density at radius 1 is 0.389 bits per heavy atom. The van der Waals surface area contributed by atoms with Gasteiger partial charge in [0.2, 0.25) is 0 Å². The number of rotatable bonds is 1. The highest BCUT2D eigenvalue weighted by atomic mass is 14.5. The molecule has 0 unspecified atom stereocenters. The van der Waals surface area contributed by atoms with Crippen LogP contribution in [0.2, 0.25) is 0 Å². The van der Waals surface area contributed by atoms with Gasteiger partial charge in [-0.15, -0.1) is 0 Å². The number of fused-ring (bicyclic) bond motifs is 11. The van der Waals surface area contributed by atoms with Gasteiger partial charge in [-0.2, -0.15) is 0 Å². The minimum atomic E-state index is -0.289. The summed E-state index contributed by atoms with van der Waals surface area (Å²) in [6, 6.07) is 47.7. The first-order valence-corrected chi connectivity index (χ1v) is 12.7. The minimum Gasteiger partial charge on any atom is -0.0619 e. The molecule has 0 bridgehead atoms. The second kappa shape index (κ2) is 7.06. The average molecular weight is 457 g/mol. The molecule has 168 valence electrons. The van der Waals surface area contributed by atoms with Crippen molar-refractivity contribution in [3.63, 3.8) is 0 Å². The summed E-state index contributed by atoms with van der Waals surface area (Å²) in [6.45, 7) is 2.16. The highest BCUT2D eigenvalue weighted by Gasteiger charge is 2.51. The van der Waals surface area contributed by atoms with E-state index in [0.717, 1.165) is 0 Å². The van der Waals surface area contributed by atoms with E-state index >= 15 is 0 Å². The van der Waals surface area contributed by atoms with E-state index < -0.39 is 0 Å². The zero-order valence-corrected chi connectivity index (χ0v) is 20.1. The molecule has 0 amide bonds. The third-order valence-electron chi connectivity index (χ3n) is 8.33. The van der Waals surface area contributed by atoms with Crippen LogP contribution in [-0.2, 0) is 5.41 Å². The lowest BCUT2D eigenvalue weighted by atomic mass is 9.70. The molecule has 0 aromatic heterocycles. The van der Waals surface area contributed by atoms with E-state index in [1.807, 2.05) is 0 Å². The molecule has 0 N–H and O–H groups in total. The normalized spacial score (nSPS) is 13.9. The van der Waals surface area contributed by atoms with Gasteiger partial charge in [0, 0.05) is 0 Å². The molecule has 0 saturated heterocycles. The van der Waals surface area contributed by atoms with Crippen molar-refractivity contribution in [3.8, 4) is 33.4 Å². The van der Waals surface area contributed by atoms with Gasteiger partial charge in [0.05, 0.1) is 5.41 Å². The Morgan fingerprint density at radius 2 is 0.861 bits per heavy atom. The van der Waals surface area contributed by atoms with Gasteiger partial charge in [-0.3, -0.25) is 0 Å². The Kier molecular flexibility index (Phi) is 3.89. The summed E-state index contributed by atoms with van der Waals surface area (Å²) < 4.78 is 0. The third kappa shape index (κ3) is 2.44. The molecular formula is C36H24. The molecule has 6 aromatic rings. The molecule has 0 fully saturated rings. The molecule has 2 aliphatic carbocycles. The Balaban J connectivity index is 1.45. The molecule has 0 radical (unpaired) electrons. The fraction of sp³-hybridized carbons (Fsp3) is 0.0556. The maximum absolute atomic E-state index is 2.46. The predicted octanol–water partition coefficient (Wildman–Crippen LogP) is 9.16. The van der Waals surface area contributed by atoms with Crippen LogP contribution in [0.1, 0.15) is 27.8 Å². The largest absolute Gasteiger partial charge is 0.0725 e. The Labute approximate surface area is 211 Å². The van der Waals surface area contributed by atoms with Crippen LogP contribution in [0, 0.1) is 6.92 Å². The minimum absolute atomic E-state index is 0.289. The number of hydrogen-bond acceptors (Lipinski definition) is 0. The van der Waals surface area contributed by atoms with Gasteiger partial charge in [-0.05, 0) is 85.5 Å². The fourth-order valence-electron chi connectivity index (χ4n) is 6.82. The van der Waals surface area contributed by atoms with Gasteiger partial charge >= 0.3 is 0 Å². The summed E-state index contributed by atoms with van der Waals surface area (Å²) in [6.07, 6.45) is 0. The maximum Gasteiger partial charge on any atom is 0.0725 e. The Hall–Kier alpha value is -4.42. The summed E-state index contributed by atoms with van der Waals surface area (Å²) in [5, 5.41) is 2.58. The van der Waals surface area contributed by atoms with Crippen molar-refractivity contribution in [1.29, 1.82) is 0 Å². The van der Waals surface area contributed by atoms with E-state index in [1.165, 1.54) is 72.0 Å². The molecule has 36 heavy (non-hydrogen) atoms. The molecule has 2 aliphatic rings. The lowest BCUT2D eigenvalue weighted by Gasteiger charge is -2.30. The first kappa shape index (κ1) is 19.8. The second-order valence-corrected chi connectivity index (χ2v) is 10.2. The molecule has 0 saturated carbocycles. The van der Waals surface area contributed by atoms with Gasteiger partial charge in [-0.1, -0.05) is 121 Å². The number of hydrogen-bond donors (Lipinski definition) is 0. The zero-order valence-electron chi connectivity index (χ0n) is 20.1. The lowest BCUT2D eigenvalue weighted by molar-refractivity contribution is 0.794.